The number of quaternary nitrogens is 1. The lowest BCUT2D eigenvalue weighted by Gasteiger charge is -2.42. The first kappa shape index (κ1) is 49.9. The number of hydrogen-bond acceptors (Lipinski definition) is 10. The Morgan fingerprint density at radius 3 is 2.31 bits per heavy atom. The molecule has 3 aliphatic rings. The van der Waals surface area contributed by atoms with E-state index >= 15 is 0 Å². The smallest absolute Gasteiger partial charge is 0.331 e. The van der Waals surface area contributed by atoms with Crippen molar-refractivity contribution in [2.24, 2.45) is 16.5 Å². The minimum atomic E-state index is -1.71. The molecule has 19 nitrogen and oxygen atoms in total. The Morgan fingerprint density at radius 2 is 1.59 bits per heavy atom. The SMILES string of the molecule is CNC1C(=O)NC(Cc2c[nH]c3ccccc23)C(=O)NC(C([NH3+])=O)CCCCNC1(CCN=C(N)N)CCC1NC(=O)N(C2(C(=O)NC(C=O)Cc3ccc4ccccc4c3)Cc3ccccc3C2)C1=O. The van der Waals surface area contributed by atoms with Crippen molar-refractivity contribution in [2.45, 2.75) is 105 Å². The number of aliphatic imine (C=N–C) groups is 1. The van der Waals surface area contributed by atoms with E-state index in [0.717, 1.165) is 48.8 Å². The molecule has 2 saturated heterocycles. The van der Waals surface area contributed by atoms with Crippen molar-refractivity contribution in [3.8, 4) is 0 Å². The van der Waals surface area contributed by atoms with Gasteiger partial charge in [0.1, 0.15) is 36.0 Å². The molecule has 1 aliphatic carbocycles. The quantitative estimate of drug-likeness (QED) is 0.0282. The summed E-state index contributed by atoms with van der Waals surface area (Å²) in [6, 6.07) is 22.7. The van der Waals surface area contributed by atoms with Gasteiger partial charge in [0.25, 0.3) is 5.91 Å². The predicted octanol–water partition coefficient (Wildman–Crippen LogP) is 0.530. The van der Waals surface area contributed by atoms with Crippen LogP contribution in [0.3, 0.4) is 0 Å². The van der Waals surface area contributed by atoms with Gasteiger partial charge in [-0.2, -0.15) is 0 Å². The standard InChI is InChI=1S/C52H62N12O7/c1-56-43-46(68)62-42(26-36-29-58-39-15-7-6-14-38(36)39)45(67)61-40(44(53)66)16-8-9-22-59-51(43,21-23-57-49(54)55)20-19-41-47(69)64(50(71)63-41)52(27-34-12-4-5-13-35(34)28-52)48(70)60-37(30-65)25-31-17-18-32-10-2-3-11-33(32)24-31/h2-7,10-15,17-18,24,29-30,37,40-43,56,58-59H,8-9,16,19-23,25-28H2,1H3,(H2,53,66)(H,60,70)(H,61,67)(H,62,68)(H,63,71)(H4,54,55,57)/p+1. The Labute approximate surface area is 410 Å². The Balaban J connectivity index is 1.08. The number of carbonyl (C=O) groups excluding carboxylic acids is 7. The number of aromatic nitrogens is 1. The summed E-state index contributed by atoms with van der Waals surface area (Å²) in [5, 5.41) is 21.2. The molecule has 7 amide bonds. The molecule has 71 heavy (non-hydrogen) atoms. The molecule has 1 aromatic heterocycles. The molecule has 14 N–H and O–H groups in total. The van der Waals surface area contributed by atoms with Crippen LogP contribution in [-0.2, 0) is 54.5 Å². The van der Waals surface area contributed by atoms with Crippen LogP contribution in [0.4, 0.5) is 4.79 Å². The van der Waals surface area contributed by atoms with E-state index in [1.807, 2.05) is 91.0 Å². The van der Waals surface area contributed by atoms with Gasteiger partial charge in [0.05, 0.1) is 6.04 Å². The number of urea groups is 1. The molecular formula is C52H63N12O7+. The van der Waals surface area contributed by atoms with Gasteiger partial charge >= 0.3 is 11.9 Å². The zero-order valence-electron chi connectivity index (χ0n) is 39.8. The van der Waals surface area contributed by atoms with Crippen molar-refractivity contribution in [3.63, 3.8) is 0 Å². The Hall–Kier alpha value is -7.48. The molecule has 2 aliphatic heterocycles. The fraction of sp³-hybridized carbons (Fsp3) is 0.385. The number of amides is 7. The summed E-state index contributed by atoms with van der Waals surface area (Å²) in [5.74, 6) is -3.01. The number of guanidine groups is 1. The van der Waals surface area contributed by atoms with E-state index in [0.29, 0.717) is 32.1 Å². The van der Waals surface area contributed by atoms with Crippen LogP contribution in [0.1, 0.15) is 60.8 Å². The minimum absolute atomic E-state index is 0.00224. The largest absolute Gasteiger partial charge is 0.370 e. The van der Waals surface area contributed by atoms with E-state index in [9.17, 15) is 33.6 Å². The number of likely N-dealkylation sites (N-methyl/N-ethyl adjacent to an activating group) is 1. The lowest BCUT2D eigenvalue weighted by molar-refractivity contribution is -0.308. The third-order valence-corrected chi connectivity index (χ3v) is 14.4. The predicted molar refractivity (Wildman–Crippen MR) is 267 cm³/mol. The number of nitrogens with two attached hydrogens (primary N) is 2. The van der Waals surface area contributed by atoms with Crippen molar-refractivity contribution >= 4 is 69.5 Å². The number of benzene rings is 4. The monoisotopic (exact) mass is 967 g/mol. The number of rotatable bonds is 16. The Morgan fingerprint density at radius 1 is 0.873 bits per heavy atom. The van der Waals surface area contributed by atoms with Crippen molar-refractivity contribution in [2.75, 3.05) is 20.1 Å². The van der Waals surface area contributed by atoms with Gasteiger partial charge in [0.15, 0.2) is 5.96 Å². The molecule has 8 rings (SSSR count). The number of imide groups is 1. The third-order valence-electron chi connectivity index (χ3n) is 14.4. The number of H-pyrrole nitrogens is 1. The zero-order chi connectivity index (χ0) is 50.3. The molecule has 4 aromatic carbocycles. The van der Waals surface area contributed by atoms with Crippen LogP contribution in [0.25, 0.3) is 21.7 Å². The summed E-state index contributed by atoms with van der Waals surface area (Å²) < 4.78 is 0. The molecule has 0 bridgehead atoms. The summed E-state index contributed by atoms with van der Waals surface area (Å²) in [7, 11) is 1.61. The second-order valence-corrected chi connectivity index (χ2v) is 19.0. The van der Waals surface area contributed by atoms with Crippen LogP contribution >= 0.6 is 0 Å². The molecule has 6 atom stereocenters. The maximum absolute atomic E-state index is 14.9. The van der Waals surface area contributed by atoms with E-state index in [4.69, 9.17) is 11.5 Å². The van der Waals surface area contributed by atoms with Gasteiger partial charge in [0, 0.05) is 48.4 Å². The van der Waals surface area contributed by atoms with E-state index < -0.39 is 76.9 Å². The van der Waals surface area contributed by atoms with Crippen LogP contribution < -0.4 is 49.1 Å². The van der Waals surface area contributed by atoms with Crippen LogP contribution in [-0.4, -0.2) is 119 Å². The van der Waals surface area contributed by atoms with Crippen LogP contribution in [0, 0.1) is 0 Å². The first-order valence-electron chi connectivity index (χ1n) is 24.2. The summed E-state index contributed by atoms with van der Waals surface area (Å²) in [6.45, 7) is 0.404. The molecule has 19 heteroatoms. The molecule has 6 unspecified atom stereocenters. The number of para-hydroxylation sites is 1. The number of carbonyl (C=O) groups is 7. The van der Waals surface area contributed by atoms with Gasteiger partial charge in [-0.15, -0.1) is 0 Å². The van der Waals surface area contributed by atoms with E-state index in [1.54, 1.807) is 13.2 Å². The summed E-state index contributed by atoms with van der Waals surface area (Å²) in [6.07, 6.45) is 4.36. The second-order valence-electron chi connectivity index (χ2n) is 19.0. The van der Waals surface area contributed by atoms with Crippen LogP contribution in [0.15, 0.2) is 102 Å². The zero-order valence-corrected chi connectivity index (χ0v) is 39.8. The fourth-order valence-electron chi connectivity index (χ4n) is 10.7. The summed E-state index contributed by atoms with van der Waals surface area (Å²) >= 11 is 0. The van der Waals surface area contributed by atoms with Gasteiger partial charge < -0.3 is 53.1 Å². The van der Waals surface area contributed by atoms with Crippen molar-refractivity contribution in [3.05, 3.63) is 119 Å². The average molecular weight is 968 g/mol. The molecular weight excluding hydrogens is 905 g/mol. The molecule has 3 heterocycles. The summed E-state index contributed by atoms with van der Waals surface area (Å²) in [5.41, 5.74) is 16.3. The maximum atomic E-state index is 14.9. The third kappa shape index (κ3) is 10.8. The molecule has 5 aromatic rings. The van der Waals surface area contributed by atoms with Gasteiger partial charge in [-0.05, 0) is 97.6 Å². The summed E-state index contributed by atoms with van der Waals surface area (Å²) in [4.78, 5) is 107. The number of nitrogens with one attached hydrogen (secondary N) is 7. The van der Waals surface area contributed by atoms with E-state index in [2.05, 4.69) is 47.6 Å². The first-order valence-corrected chi connectivity index (χ1v) is 24.2. The van der Waals surface area contributed by atoms with Crippen molar-refractivity contribution in [1.29, 1.82) is 0 Å². The molecule has 0 spiro atoms. The number of fused-ring (bicyclic) bond motifs is 3. The minimum Gasteiger partial charge on any atom is -0.370 e. The van der Waals surface area contributed by atoms with Gasteiger partial charge in [0.2, 0.25) is 17.7 Å². The number of aldehydes is 1. The molecule has 2 fully saturated rings. The van der Waals surface area contributed by atoms with Gasteiger partial charge in [-0.25, -0.2) is 14.5 Å². The second kappa shape index (κ2) is 21.7. The highest BCUT2D eigenvalue weighted by atomic mass is 16.2. The lowest BCUT2D eigenvalue weighted by atomic mass is 9.79. The Bertz CT molecular complexity index is 2840. The normalized spacial score (nSPS) is 23.0. The molecule has 0 radical (unpaired) electrons. The van der Waals surface area contributed by atoms with Crippen molar-refractivity contribution < 1.29 is 39.3 Å². The van der Waals surface area contributed by atoms with E-state index in [-0.39, 0.29) is 57.5 Å². The average Bonchev–Trinajstić information content (AvgIpc) is 4.04. The number of hydrogen-bond donors (Lipinski definition) is 10. The lowest BCUT2D eigenvalue weighted by Crippen LogP contribution is -2.68. The van der Waals surface area contributed by atoms with Crippen LogP contribution in [0.5, 0.6) is 0 Å². The van der Waals surface area contributed by atoms with Gasteiger partial charge in [-0.1, -0.05) is 84.9 Å². The topological polar surface area (TPSA) is 303 Å². The Kier molecular flexibility index (Phi) is 15.2. The van der Waals surface area contributed by atoms with E-state index in [1.165, 1.54) is 0 Å². The van der Waals surface area contributed by atoms with Crippen LogP contribution in [0.2, 0.25) is 0 Å². The number of nitrogens with zero attached hydrogens (tertiary/aromatic N) is 2. The highest BCUT2D eigenvalue weighted by Crippen LogP contribution is 2.38. The molecule has 0 saturated carbocycles. The highest BCUT2D eigenvalue weighted by Gasteiger charge is 2.58. The maximum Gasteiger partial charge on any atom is 0.331 e. The number of aromatic amines is 1. The molecule has 372 valence electrons. The highest BCUT2D eigenvalue weighted by molar-refractivity contribution is 6.09. The first-order chi connectivity index (χ1) is 34.2. The van der Waals surface area contributed by atoms with Gasteiger partial charge in [-0.3, -0.25) is 29.9 Å². The fourth-order valence-corrected chi connectivity index (χ4v) is 10.7. The van der Waals surface area contributed by atoms with Crippen molar-refractivity contribution in [1.82, 2.24) is 41.8 Å².